The van der Waals surface area contributed by atoms with Crippen LogP contribution in [0, 0.1) is 0 Å². The first kappa shape index (κ1) is 19.7. The van der Waals surface area contributed by atoms with Crippen molar-refractivity contribution in [2.45, 2.75) is 29.3 Å². The molecule has 0 bridgehead atoms. The molecule has 1 N–H and O–H groups in total. The van der Waals surface area contributed by atoms with E-state index in [4.69, 9.17) is 0 Å². The maximum Gasteiger partial charge on any atom is 0.214 e. The van der Waals surface area contributed by atoms with Crippen molar-refractivity contribution in [3.05, 3.63) is 83.7 Å². The third kappa shape index (κ3) is 3.47. The van der Waals surface area contributed by atoms with E-state index >= 15 is 0 Å². The summed E-state index contributed by atoms with van der Waals surface area (Å²) in [5, 5.41) is 7.54. The van der Waals surface area contributed by atoms with Gasteiger partial charge in [-0.3, -0.25) is 4.90 Å². The molecule has 2 aromatic heterocycles. The largest absolute Gasteiger partial charge is 0.370 e. The van der Waals surface area contributed by atoms with E-state index in [0.717, 1.165) is 37.3 Å². The second kappa shape index (κ2) is 7.79. The lowest BCUT2D eigenvalue weighted by atomic mass is 10.1. The van der Waals surface area contributed by atoms with E-state index in [1.165, 1.54) is 5.56 Å². The molecule has 0 amide bonds. The van der Waals surface area contributed by atoms with E-state index in [1.54, 1.807) is 48.1 Å². The summed E-state index contributed by atoms with van der Waals surface area (Å²) in [6, 6.07) is 18.8. The second-order valence-electron chi connectivity index (χ2n) is 7.66. The molecule has 1 aliphatic heterocycles. The number of rotatable bonds is 5. The molecule has 1 aliphatic rings. The Balaban J connectivity index is 1.55. The zero-order valence-electron chi connectivity index (χ0n) is 17.2. The quantitative estimate of drug-likeness (QED) is 0.521. The molecule has 0 radical (unpaired) electrons. The first-order chi connectivity index (χ1) is 15.1. The Morgan fingerprint density at radius 1 is 1.03 bits per heavy atom. The Kier molecular flexibility index (Phi) is 4.95. The molecule has 7 nitrogen and oxygen atoms in total. The lowest BCUT2D eigenvalue weighted by Gasteiger charge is -2.28. The van der Waals surface area contributed by atoms with Crippen LogP contribution in [0.4, 0.5) is 5.82 Å². The van der Waals surface area contributed by atoms with Crippen LogP contribution in [0.3, 0.4) is 0 Å². The van der Waals surface area contributed by atoms with E-state index < -0.39 is 9.84 Å². The third-order valence-electron chi connectivity index (χ3n) is 5.65. The second-order valence-corrected chi connectivity index (χ2v) is 9.54. The normalized spacial score (nSPS) is 14.5. The fourth-order valence-electron chi connectivity index (χ4n) is 4.13. The molecule has 0 saturated heterocycles. The average molecular weight is 434 g/mol. The molecule has 0 spiro atoms. The van der Waals surface area contributed by atoms with Crippen molar-refractivity contribution in [1.82, 2.24) is 19.5 Å². The van der Waals surface area contributed by atoms with Gasteiger partial charge in [-0.05, 0) is 17.7 Å². The van der Waals surface area contributed by atoms with Gasteiger partial charge in [0.15, 0.2) is 16.4 Å². The van der Waals surface area contributed by atoms with Crippen molar-refractivity contribution in [2.24, 2.45) is 0 Å². The van der Waals surface area contributed by atoms with Gasteiger partial charge in [-0.15, -0.1) is 5.10 Å². The van der Waals surface area contributed by atoms with E-state index in [-0.39, 0.29) is 9.79 Å². The Labute approximate surface area is 181 Å². The van der Waals surface area contributed by atoms with Crippen LogP contribution in [0.25, 0.3) is 5.65 Å². The number of benzene rings is 2. The first-order valence-corrected chi connectivity index (χ1v) is 11.7. The summed E-state index contributed by atoms with van der Waals surface area (Å²) in [6.45, 7) is 2.49. The number of anilines is 1. The number of aromatic nitrogens is 3. The molecule has 0 atom stereocenters. The van der Waals surface area contributed by atoms with Gasteiger partial charge in [-0.25, -0.2) is 17.9 Å². The Bertz CT molecular complexity index is 1330. The number of nitrogens with zero attached hydrogens (tertiary/aromatic N) is 4. The van der Waals surface area contributed by atoms with E-state index in [0.29, 0.717) is 11.5 Å². The van der Waals surface area contributed by atoms with Crippen molar-refractivity contribution in [2.75, 3.05) is 18.9 Å². The molecule has 5 rings (SSSR count). The summed E-state index contributed by atoms with van der Waals surface area (Å²) >= 11 is 0. The zero-order chi connectivity index (χ0) is 21.4. The monoisotopic (exact) mass is 433 g/mol. The topological polar surface area (TPSA) is 79.6 Å². The highest BCUT2D eigenvalue weighted by molar-refractivity contribution is 7.91. The average Bonchev–Trinajstić information content (AvgIpc) is 3.20. The van der Waals surface area contributed by atoms with Crippen molar-refractivity contribution in [3.63, 3.8) is 0 Å². The Hall–Kier alpha value is -3.23. The maximum absolute atomic E-state index is 13.4. The molecule has 31 heavy (non-hydrogen) atoms. The SMILES string of the molecule is CNc1nn2c3c(cnc2c1S(=O)(=O)c1ccccc1)CN(Cc1ccccc1)CC3. The molecule has 158 valence electrons. The van der Waals surface area contributed by atoms with Gasteiger partial charge in [-0.2, -0.15) is 0 Å². The van der Waals surface area contributed by atoms with Gasteiger partial charge in [0, 0.05) is 44.9 Å². The van der Waals surface area contributed by atoms with Crippen LogP contribution in [-0.4, -0.2) is 41.5 Å². The van der Waals surface area contributed by atoms with Crippen LogP contribution in [0.15, 0.2) is 76.7 Å². The minimum absolute atomic E-state index is 0.121. The molecule has 0 aliphatic carbocycles. The molecule has 2 aromatic carbocycles. The lowest BCUT2D eigenvalue weighted by Crippen LogP contribution is -2.31. The molecule has 3 heterocycles. The summed E-state index contributed by atoms with van der Waals surface area (Å²) in [4.78, 5) is 7.27. The van der Waals surface area contributed by atoms with Gasteiger partial charge < -0.3 is 5.32 Å². The minimum Gasteiger partial charge on any atom is -0.370 e. The fourth-order valence-corrected chi connectivity index (χ4v) is 5.66. The van der Waals surface area contributed by atoms with Gasteiger partial charge in [0.2, 0.25) is 9.84 Å². The number of hydrogen-bond acceptors (Lipinski definition) is 6. The summed E-state index contributed by atoms with van der Waals surface area (Å²) in [5.74, 6) is 0.316. The van der Waals surface area contributed by atoms with Crippen molar-refractivity contribution in [3.8, 4) is 0 Å². The number of fused-ring (bicyclic) bond motifs is 3. The summed E-state index contributed by atoms with van der Waals surface area (Å²) in [5.41, 5.74) is 3.72. The highest BCUT2D eigenvalue weighted by Gasteiger charge is 2.30. The molecule has 0 unspecified atom stereocenters. The summed E-state index contributed by atoms with van der Waals surface area (Å²) in [7, 11) is -2.08. The van der Waals surface area contributed by atoms with Gasteiger partial charge in [0.05, 0.1) is 10.6 Å². The van der Waals surface area contributed by atoms with Gasteiger partial charge in [0.25, 0.3) is 0 Å². The van der Waals surface area contributed by atoms with Crippen LogP contribution in [-0.2, 0) is 29.3 Å². The van der Waals surface area contributed by atoms with Crippen LogP contribution in [0.1, 0.15) is 16.8 Å². The van der Waals surface area contributed by atoms with Gasteiger partial charge in [0.1, 0.15) is 0 Å². The minimum atomic E-state index is -3.76. The van der Waals surface area contributed by atoms with Crippen molar-refractivity contribution in [1.29, 1.82) is 0 Å². The molecular weight excluding hydrogens is 410 g/mol. The van der Waals surface area contributed by atoms with Crippen molar-refractivity contribution < 1.29 is 8.42 Å². The van der Waals surface area contributed by atoms with Gasteiger partial charge in [-0.1, -0.05) is 48.5 Å². The van der Waals surface area contributed by atoms with E-state index in [9.17, 15) is 8.42 Å². The third-order valence-corrected chi connectivity index (χ3v) is 7.46. The van der Waals surface area contributed by atoms with Crippen molar-refractivity contribution >= 4 is 21.3 Å². The van der Waals surface area contributed by atoms with Crippen LogP contribution in [0.5, 0.6) is 0 Å². The summed E-state index contributed by atoms with van der Waals surface area (Å²) < 4.78 is 28.4. The fraction of sp³-hybridized carbons (Fsp3) is 0.217. The predicted molar refractivity (Wildman–Crippen MR) is 119 cm³/mol. The molecule has 0 saturated carbocycles. The highest BCUT2D eigenvalue weighted by Crippen LogP contribution is 2.32. The predicted octanol–water partition coefficient (Wildman–Crippen LogP) is 3.16. The lowest BCUT2D eigenvalue weighted by molar-refractivity contribution is 0.241. The maximum atomic E-state index is 13.4. The number of nitrogens with one attached hydrogen (secondary N) is 1. The molecular formula is C23H23N5O2S. The van der Waals surface area contributed by atoms with Gasteiger partial charge >= 0.3 is 0 Å². The summed E-state index contributed by atoms with van der Waals surface area (Å²) in [6.07, 6.45) is 2.57. The van der Waals surface area contributed by atoms with Crippen LogP contribution >= 0.6 is 0 Å². The first-order valence-electron chi connectivity index (χ1n) is 10.2. The van der Waals surface area contributed by atoms with Crippen LogP contribution < -0.4 is 5.32 Å². The molecule has 8 heteroatoms. The molecule has 4 aromatic rings. The van der Waals surface area contributed by atoms with E-state index in [2.05, 4.69) is 44.6 Å². The smallest absolute Gasteiger partial charge is 0.214 e. The standard InChI is InChI=1S/C23H23N5O2S/c1-24-22-21(31(29,30)19-10-6-3-7-11-19)23-25-14-18-16-27(13-12-20(18)28(23)26-22)15-17-8-4-2-5-9-17/h2-11,14H,12-13,15-16H2,1H3,(H,24,26). The highest BCUT2D eigenvalue weighted by atomic mass is 32.2. The Morgan fingerprint density at radius 3 is 2.45 bits per heavy atom. The number of hydrogen-bond donors (Lipinski definition) is 1. The Morgan fingerprint density at radius 2 is 1.74 bits per heavy atom. The zero-order valence-corrected chi connectivity index (χ0v) is 18.0. The van der Waals surface area contributed by atoms with Crippen LogP contribution in [0.2, 0.25) is 0 Å². The molecule has 0 fully saturated rings. The van der Waals surface area contributed by atoms with E-state index in [1.807, 2.05) is 6.07 Å². The number of sulfone groups is 1.